The van der Waals surface area contributed by atoms with Crippen LogP contribution in [0, 0.1) is 0 Å². The SMILES string of the molecule is O=C(C=C1CC2(CCOCC2)Oc2cc(C(F)(F)F)ccc21)Nc1ccc2c(c1)NS(=O)(=O)CC2. The minimum absolute atomic E-state index is 0.00211. The van der Waals surface area contributed by atoms with E-state index in [4.69, 9.17) is 9.47 Å². The van der Waals surface area contributed by atoms with Crippen molar-refractivity contribution < 1.29 is 35.9 Å². The van der Waals surface area contributed by atoms with Crippen LogP contribution in [0.4, 0.5) is 24.5 Å². The predicted octanol–water partition coefficient (Wildman–Crippen LogP) is 4.36. The molecule has 1 saturated heterocycles. The Balaban J connectivity index is 1.45. The van der Waals surface area contributed by atoms with Crippen LogP contribution in [0.1, 0.15) is 36.0 Å². The van der Waals surface area contributed by atoms with Crippen LogP contribution in [0.15, 0.2) is 42.5 Å². The fourth-order valence-corrected chi connectivity index (χ4v) is 5.79. The average molecular weight is 509 g/mol. The van der Waals surface area contributed by atoms with E-state index in [1.807, 2.05) is 0 Å². The molecule has 0 bridgehead atoms. The van der Waals surface area contributed by atoms with Gasteiger partial charge in [-0.05, 0) is 41.8 Å². The monoisotopic (exact) mass is 508 g/mol. The van der Waals surface area contributed by atoms with Crippen LogP contribution >= 0.6 is 0 Å². The van der Waals surface area contributed by atoms with Crippen molar-refractivity contribution in [1.29, 1.82) is 0 Å². The Labute approximate surface area is 200 Å². The van der Waals surface area contributed by atoms with E-state index in [2.05, 4.69) is 10.0 Å². The molecule has 5 rings (SSSR count). The average Bonchev–Trinajstić information content (AvgIpc) is 2.77. The number of hydrogen-bond acceptors (Lipinski definition) is 5. The molecular weight excluding hydrogens is 485 g/mol. The van der Waals surface area contributed by atoms with Gasteiger partial charge in [0.25, 0.3) is 0 Å². The van der Waals surface area contributed by atoms with E-state index < -0.39 is 33.3 Å². The molecule has 0 aliphatic carbocycles. The fraction of sp³-hybridized carbons (Fsp3) is 0.375. The number of benzene rings is 2. The van der Waals surface area contributed by atoms with Gasteiger partial charge >= 0.3 is 6.18 Å². The van der Waals surface area contributed by atoms with Gasteiger partial charge in [0, 0.05) is 36.6 Å². The van der Waals surface area contributed by atoms with Gasteiger partial charge in [0.05, 0.1) is 30.2 Å². The maximum atomic E-state index is 13.3. The summed E-state index contributed by atoms with van der Waals surface area (Å²) in [6, 6.07) is 8.27. The molecule has 2 N–H and O–H groups in total. The molecule has 0 atom stereocenters. The molecule has 0 radical (unpaired) electrons. The number of alkyl halides is 3. The zero-order chi connectivity index (χ0) is 24.8. The lowest BCUT2D eigenvalue weighted by atomic mass is 9.81. The van der Waals surface area contributed by atoms with Gasteiger partial charge in [-0.2, -0.15) is 13.2 Å². The Morgan fingerprint density at radius 3 is 2.63 bits per heavy atom. The van der Waals surface area contributed by atoms with E-state index in [1.54, 1.807) is 18.2 Å². The van der Waals surface area contributed by atoms with Crippen molar-refractivity contribution in [2.24, 2.45) is 0 Å². The van der Waals surface area contributed by atoms with Crippen molar-refractivity contribution in [3.8, 4) is 5.75 Å². The third-order valence-electron chi connectivity index (χ3n) is 6.49. The number of halogens is 3. The highest BCUT2D eigenvalue weighted by Gasteiger charge is 2.41. The van der Waals surface area contributed by atoms with Gasteiger partial charge in [0.15, 0.2) is 0 Å². The van der Waals surface area contributed by atoms with E-state index >= 15 is 0 Å². The van der Waals surface area contributed by atoms with E-state index in [0.717, 1.165) is 17.7 Å². The molecule has 7 nitrogen and oxygen atoms in total. The number of ether oxygens (including phenoxy) is 2. The standard InChI is InChI=1S/C24H23F3N2O5S/c25-24(26,27)17-2-4-19-16(14-23(34-21(19)12-17)6-8-33-9-7-23)11-22(30)28-18-3-1-15-5-10-35(31,32)29-20(15)13-18/h1-4,11-13,29H,5-10,14H2,(H,28,30). The zero-order valence-corrected chi connectivity index (χ0v) is 19.4. The molecule has 0 aromatic heterocycles. The Kier molecular flexibility index (Phi) is 5.79. The quantitative estimate of drug-likeness (QED) is 0.588. The first kappa shape index (κ1) is 23.7. The number of nitrogens with one attached hydrogen (secondary N) is 2. The second kappa shape index (κ2) is 8.56. The molecule has 186 valence electrons. The second-order valence-electron chi connectivity index (χ2n) is 8.98. The number of hydrogen-bond donors (Lipinski definition) is 2. The number of anilines is 2. The minimum atomic E-state index is -4.52. The molecule has 0 unspecified atom stereocenters. The lowest BCUT2D eigenvalue weighted by Crippen LogP contribution is -2.44. The van der Waals surface area contributed by atoms with Crippen molar-refractivity contribution in [2.75, 3.05) is 29.0 Å². The number of sulfonamides is 1. The maximum absolute atomic E-state index is 13.3. The highest BCUT2D eigenvalue weighted by molar-refractivity contribution is 7.92. The van der Waals surface area contributed by atoms with Gasteiger partial charge < -0.3 is 14.8 Å². The van der Waals surface area contributed by atoms with Crippen LogP contribution in [-0.2, 0) is 32.2 Å². The first-order valence-corrected chi connectivity index (χ1v) is 12.8. The van der Waals surface area contributed by atoms with Crippen molar-refractivity contribution in [3.63, 3.8) is 0 Å². The van der Waals surface area contributed by atoms with E-state index in [-0.39, 0.29) is 11.5 Å². The number of rotatable bonds is 2. The van der Waals surface area contributed by atoms with Crippen LogP contribution in [-0.4, -0.2) is 38.9 Å². The third kappa shape index (κ3) is 5.01. The van der Waals surface area contributed by atoms with E-state index in [9.17, 15) is 26.4 Å². The Morgan fingerprint density at radius 2 is 1.89 bits per heavy atom. The van der Waals surface area contributed by atoms with Crippen LogP contribution in [0.3, 0.4) is 0 Å². The van der Waals surface area contributed by atoms with E-state index in [1.165, 1.54) is 12.1 Å². The minimum Gasteiger partial charge on any atom is -0.486 e. The van der Waals surface area contributed by atoms with Crippen molar-refractivity contribution in [1.82, 2.24) is 0 Å². The highest BCUT2D eigenvalue weighted by Crippen LogP contribution is 2.46. The van der Waals surface area contributed by atoms with Gasteiger partial charge in [0.2, 0.25) is 15.9 Å². The van der Waals surface area contributed by atoms with Crippen LogP contribution < -0.4 is 14.8 Å². The second-order valence-corrected chi connectivity index (χ2v) is 10.8. The van der Waals surface area contributed by atoms with Crippen LogP contribution in [0.5, 0.6) is 5.75 Å². The normalized spacial score (nSPS) is 21.4. The first-order valence-electron chi connectivity index (χ1n) is 11.2. The van der Waals surface area contributed by atoms with Gasteiger partial charge in [0.1, 0.15) is 11.4 Å². The molecule has 1 amide bonds. The number of aryl methyl sites for hydroxylation is 1. The summed E-state index contributed by atoms with van der Waals surface area (Å²) in [5.41, 5.74) is 1.08. The number of fused-ring (bicyclic) bond motifs is 2. The summed E-state index contributed by atoms with van der Waals surface area (Å²) in [5, 5.41) is 2.73. The lowest BCUT2D eigenvalue weighted by Gasteiger charge is -2.42. The van der Waals surface area contributed by atoms with Gasteiger partial charge in [-0.1, -0.05) is 12.1 Å². The molecule has 0 saturated carbocycles. The Morgan fingerprint density at radius 1 is 1.11 bits per heavy atom. The third-order valence-corrected chi connectivity index (χ3v) is 7.76. The summed E-state index contributed by atoms with van der Waals surface area (Å²) < 4.78 is 77.6. The number of amides is 1. The summed E-state index contributed by atoms with van der Waals surface area (Å²) >= 11 is 0. The summed E-state index contributed by atoms with van der Waals surface area (Å²) in [5.74, 6) is -0.383. The smallest absolute Gasteiger partial charge is 0.416 e. The highest BCUT2D eigenvalue weighted by atomic mass is 32.2. The number of carbonyl (C=O) groups is 1. The molecule has 2 aromatic carbocycles. The topological polar surface area (TPSA) is 93.7 Å². The van der Waals surface area contributed by atoms with Crippen molar-refractivity contribution in [2.45, 2.75) is 37.5 Å². The van der Waals surface area contributed by atoms with Gasteiger partial charge in [-0.25, -0.2) is 8.42 Å². The molecule has 1 fully saturated rings. The largest absolute Gasteiger partial charge is 0.486 e. The first-order chi connectivity index (χ1) is 16.5. The van der Waals surface area contributed by atoms with Crippen LogP contribution in [0.25, 0.3) is 5.57 Å². The summed E-state index contributed by atoms with van der Waals surface area (Å²) in [4.78, 5) is 12.9. The van der Waals surface area contributed by atoms with Crippen molar-refractivity contribution in [3.05, 3.63) is 59.2 Å². The van der Waals surface area contributed by atoms with Gasteiger partial charge in [-0.3, -0.25) is 9.52 Å². The zero-order valence-electron chi connectivity index (χ0n) is 18.6. The van der Waals surface area contributed by atoms with E-state index in [0.29, 0.717) is 61.4 Å². The fourth-order valence-electron chi connectivity index (χ4n) is 4.68. The molecule has 11 heteroatoms. The molecule has 2 aromatic rings. The molecule has 3 aliphatic rings. The summed E-state index contributed by atoms with van der Waals surface area (Å²) in [6.07, 6.45) is -1.43. The maximum Gasteiger partial charge on any atom is 0.416 e. The predicted molar refractivity (Wildman–Crippen MR) is 124 cm³/mol. The van der Waals surface area contributed by atoms with Crippen LogP contribution in [0.2, 0.25) is 0 Å². The molecular formula is C24H23F3N2O5S. The van der Waals surface area contributed by atoms with Crippen molar-refractivity contribution >= 4 is 32.9 Å². The Bertz CT molecular complexity index is 1310. The molecule has 35 heavy (non-hydrogen) atoms. The molecule has 3 aliphatic heterocycles. The Hall–Kier alpha value is -3.05. The summed E-state index contributed by atoms with van der Waals surface area (Å²) in [7, 11) is -3.41. The molecule has 3 heterocycles. The lowest BCUT2D eigenvalue weighted by molar-refractivity contribution is -0.138. The van der Waals surface area contributed by atoms with Gasteiger partial charge in [-0.15, -0.1) is 0 Å². The number of carbonyl (C=O) groups excluding carboxylic acids is 1. The molecule has 1 spiro atoms. The summed E-state index contributed by atoms with van der Waals surface area (Å²) in [6.45, 7) is 0.831.